The fourth-order valence-corrected chi connectivity index (χ4v) is 4.07. The monoisotopic (exact) mass is 309 g/mol. The molecule has 0 radical (unpaired) electrons. The van der Waals surface area contributed by atoms with Crippen molar-refractivity contribution in [3.63, 3.8) is 0 Å². The van der Waals surface area contributed by atoms with Gasteiger partial charge in [-0.25, -0.2) is 0 Å². The zero-order valence-electron chi connectivity index (χ0n) is 12.6. The van der Waals surface area contributed by atoms with E-state index in [1.807, 2.05) is 16.0 Å². The Kier molecular flexibility index (Phi) is 4.19. The van der Waals surface area contributed by atoms with Crippen molar-refractivity contribution >= 4 is 16.3 Å². The van der Waals surface area contributed by atoms with Crippen molar-refractivity contribution in [2.24, 2.45) is 5.92 Å². The first-order valence-corrected chi connectivity index (χ1v) is 8.41. The predicted molar refractivity (Wildman–Crippen MR) is 83.9 cm³/mol. The summed E-state index contributed by atoms with van der Waals surface area (Å²) in [6, 6.07) is 0. The molecule has 1 aliphatic carbocycles. The van der Waals surface area contributed by atoms with E-state index in [2.05, 4.69) is 17.2 Å². The van der Waals surface area contributed by atoms with Gasteiger partial charge < -0.3 is 15.2 Å². The number of hydrogen-bond donors (Lipinski definition) is 2. The summed E-state index contributed by atoms with van der Waals surface area (Å²) in [5.41, 5.74) is 0.449. The van der Waals surface area contributed by atoms with Crippen molar-refractivity contribution in [2.75, 3.05) is 13.7 Å². The molecule has 21 heavy (non-hydrogen) atoms. The smallest absolute Gasteiger partial charge is 0.237 e. The Morgan fingerprint density at radius 1 is 1.62 bits per heavy atom. The number of nitrogens with zero attached hydrogens (tertiary/aromatic N) is 2. The highest BCUT2D eigenvalue weighted by atomic mass is 32.1. The summed E-state index contributed by atoms with van der Waals surface area (Å²) in [5, 5.41) is 16.1. The maximum Gasteiger partial charge on any atom is 0.237 e. The standard InChI is InChI=1S/C15H23N3O2S/c1-11-4-3-5-15(19,8-11)10-16-9-12-13(20-2)17-14-18(12)6-7-21-14/h6-7,11,16,19H,3-5,8-10H2,1-2H3. The summed E-state index contributed by atoms with van der Waals surface area (Å²) in [5.74, 6) is 1.27. The molecule has 116 valence electrons. The lowest BCUT2D eigenvalue weighted by molar-refractivity contribution is -0.0120. The van der Waals surface area contributed by atoms with Gasteiger partial charge in [-0.3, -0.25) is 4.40 Å². The van der Waals surface area contributed by atoms with Crippen LogP contribution in [0.3, 0.4) is 0 Å². The lowest BCUT2D eigenvalue weighted by Crippen LogP contribution is -2.43. The van der Waals surface area contributed by atoms with E-state index in [0.29, 0.717) is 24.9 Å². The van der Waals surface area contributed by atoms with Crippen LogP contribution in [0, 0.1) is 5.92 Å². The molecule has 2 heterocycles. The summed E-state index contributed by atoms with van der Waals surface area (Å²) in [6.45, 7) is 3.49. The van der Waals surface area contributed by atoms with E-state index < -0.39 is 5.60 Å². The van der Waals surface area contributed by atoms with Crippen LogP contribution >= 0.6 is 11.3 Å². The minimum Gasteiger partial charge on any atom is -0.480 e. The molecule has 0 aromatic carbocycles. The minimum atomic E-state index is -0.566. The third-order valence-corrected chi connectivity index (χ3v) is 5.09. The number of ether oxygens (including phenoxy) is 1. The Hall–Kier alpha value is -1.11. The second-order valence-corrected chi connectivity index (χ2v) is 7.03. The van der Waals surface area contributed by atoms with Crippen molar-refractivity contribution in [2.45, 2.75) is 44.8 Å². The Morgan fingerprint density at radius 2 is 2.48 bits per heavy atom. The number of methoxy groups -OCH3 is 1. The van der Waals surface area contributed by atoms with Crippen LogP contribution < -0.4 is 10.1 Å². The van der Waals surface area contributed by atoms with Crippen LogP contribution in [0.1, 0.15) is 38.3 Å². The molecule has 6 heteroatoms. The van der Waals surface area contributed by atoms with Crippen molar-refractivity contribution in [3.05, 3.63) is 17.3 Å². The summed E-state index contributed by atoms with van der Waals surface area (Å²) in [6.07, 6.45) is 6.13. The molecule has 2 aromatic heterocycles. The topological polar surface area (TPSA) is 58.8 Å². The first-order valence-electron chi connectivity index (χ1n) is 7.53. The molecule has 1 aliphatic rings. The van der Waals surface area contributed by atoms with Gasteiger partial charge in [0, 0.05) is 24.7 Å². The van der Waals surface area contributed by atoms with Crippen LogP contribution in [-0.2, 0) is 6.54 Å². The summed E-state index contributed by atoms with van der Waals surface area (Å²) in [7, 11) is 1.65. The lowest BCUT2D eigenvalue weighted by atomic mass is 9.79. The molecule has 2 aromatic rings. The third-order valence-electron chi connectivity index (χ3n) is 4.33. The maximum absolute atomic E-state index is 10.7. The number of thiazole rings is 1. The van der Waals surface area contributed by atoms with Gasteiger partial charge in [-0.2, -0.15) is 4.98 Å². The van der Waals surface area contributed by atoms with Gasteiger partial charge in [-0.05, 0) is 18.8 Å². The van der Waals surface area contributed by atoms with E-state index in [1.165, 1.54) is 6.42 Å². The average molecular weight is 309 g/mol. The average Bonchev–Trinajstić information content (AvgIpc) is 3.00. The van der Waals surface area contributed by atoms with E-state index in [9.17, 15) is 5.11 Å². The molecule has 2 atom stereocenters. The first-order chi connectivity index (χ1) is 10.1. The molecule has 0 spiro atoms. The van der Waals surface area contributed by atoms with Crippen molar-refractivity contribution in [3.8, 4) is 5.88 Å². The molecule has 5 nitrogen and oxygen atoms in total. The van der Waals surface area contributed by atoms with Gasteiger partial charge in [0.15, 0.2) is 4.96 Å². The molecule has 2 N–H and O–H groups in total. The second-order valence-electron chi connectivity index (χ2n) is 6.15. The van der Waals surface area contributed by atoms with Crippen LogP contribution in [0.25, 0.3) is 4.96 Å². The number of rotatable bonds is 5. The number of aromatic nitrogens is 2. The van der Waals surface area contributed by atoms with Crippen LogP contribution in [0.15, 0.2) is 11.6 Å². The van der Waals surface area contributed by atoms with Gasteiger partial charge in [-0.15, -0.1) is 11.3 Å². The highest BCUT2D eigenvalue weighted by Crippen LogP contribution is 2.32. The Labute approximate surface area is 129 Å². The van der Waals surface area contributed by atoms with Gasteiger partial charge in [0.05, 0.1) is 12.7 Å². The molecular weight excluding hydrogens is 286 g/mol. The van der Waals surface area contributed by atoms with Gasteiger partial charge in [0.2, 0.25) is 5.88 Å². The highest BCUT2D eigenvalue weighted by Gasteiger charge is 2.32. The van der Waals surface area contributed by atoms with Crippen LogP contribution in [0.2, 0.25) is 0 Å². The quantitative estimate of drug-likeness (QED) is 0.890. The molecule has 0 amide bonds. The highest BCUT2D eigenvalue weighted by molar-refractivity contribution is 7.15. The Balaban J connectivity index is 1.65. The fraction of sp³-hybridized carbons (Fsp3) is 0.667. The fourth-order valence-electron chi connectivity index (χ4n) is 3.34. The number of aliphatic hydroxyl groups is 1. The van der Waals surface area contributed by atoms with E-state index in [1.54, 1.807) is 18.4 Å². The van der Waals surface area contributed by atoms with Gasteiger partial charge >= 0.3 is 0 Å². The van der Waals surface area contributed by atoms with E-state index in [-0.39, 0.29) is 0 Å². The SMILES string of the molecule is COc1nc2sccn2c1CNCC1(O)CCCC(C)C1. The number of imidazole rings is 1. The normalized spacial score (nSPS) is 26.3. The Morgan fingerprint density at radius 3 is 3.24 bits per heavy atom. The lowest BCUT2D eigenvalue weighted by Gasteiger charge is -2.35. The summed E-state index contributed by atoms with van der Waals surface area (Å²) >= 11 is 1.59. The van der Waals surface area contributed by atoms with Gasteiger partial charge in [-0.1, -0.05) is 19.8 Å². The van der Waals surface area contributed by atoms with Gasteiger partial charge in [0.25, 0.3) is 0 Å². The van der Waals surface area contributed by atoms with Crippen molar-refractivity contribution in [1.29, 1.82) is 0 Å². The largest absolute Gasteiger partial charge is 0.480 e. The third kappa shape index (κ3) is 3.07. The van der Waals surface area contributed by atoms with Crippen molar-refractivity contribution in [1.82, 2.24) is 14.7 Å². The molecule has 3 rings (SSSR count). The van der Waals surface area contributed by atoms with E-state index in [0.717, 1.165) is 29.9 Å². The molecule has 0 aliphatic heterocycles. The molecule has 1 fully saturated rings. The molecule has 1 saturated carbocycles. The number of hydrogen-bond acceptors (Lipinski definition) is 5. The molecule has 0 saturated heterocycles. The molecular formula is C15H23N3O2S. The second kappa shape index (κ2) is 5.94. The van der Waals surface area contributed by atoms with Crippen LogP contribution in [0.5, 0.6) is 5.88 Å². The zero-order valence-corrected chi connectivity index (χ0v) is 13.4. The summed E-state index contributed by atoms with van der Waals surface area (Å²) in [4.78, 5) is 5.38. The number of fused-ring (bicyclic) bond motifs is 1. The molecule has 2 unspecified atom stereocenters. The van der Waals surface area contributed by atoms with Crippen LogP contribution in [0.4, 0.5) is 0 Å². The number of nitrogens with one attached hydrogen (secondary N) is 1. The minimum absolute atomic E-state index is 0.566. The maximum atomic E-state index is 10.7. The van der Waals surface area contributed by atoms with Gasteiger partial charge in [0.1, 0.15) is 5.69 Å². The zero-order chi connectivity index (χ0) is 14.9. The molecule has 0 bridgehead atoms. The van der Waals surface area contributed by atoms with Crippen molar-refractivity contribution < 1.29 is 9.84 Å². The van der Waals surface area contributed by atoms with E-state index >= 15 is 0 Å². The summed E-state index contributed by atoms with van der Waals surface area (Å²) < 4.78 is 7.39. The predicted octanol–water partition coefficient (Wildman–Crippen LogP) is 2.44. The van der Waals surface area contributed by atoms with Crippen LogP contribution in [-0.4, -0.2) is 33.7 Å². The van der Waals surface area contributed by atoms with E-state index in [4.69, 9.17) is 4.74 Å². The first kappa shape index (κ1) is 14.8. The Bertz CT molecular complexity index is 609.